The van der Waals surface area contributed by atoms with Gasteiger partial charge in [-0.05, 0) is 54.4 Å². The van der Waals surface area contributed by atoms with Gasteiger partial charge in [-0.1, -0.05) is 72.3 Å². The number of hydrogen-bond donors (Lipinski definition) is 1. The lowest BCUT2D eigenvalue weighted by Gasteiger charge is -2.24. The summed E-state index contributed by atoms with van der Waals surface area (Å²) in [6, 6.07) is 27.3. The smallest absolute Gasteiger partial charge is 0.264 e. The Bertz CT molecular complexity index is 1460. The Labute approximate surface area is 199 Å². The van der Waals surface area contributed by atoms with Crippen LogP contribution in [0.2, 0.25) is 0 Å². The number of sulfonamides is 1. The van der Waals surface area contributed by atoms with Gasteiger partial charge in [-0.25, -0.2) is 13.8 Å². The fourth-order valence-corrected chi connectivity index (χ4v) is 5.05. The Morgan fingerprint density at radius 3 is 2.35 bits per heavy atom. The highest BCUT2D eigenvalue weighted by Crippen LogP contribution is 2.24. The lowest BCUT2D eigenvalue weighted by molar-refractivity contribution is -0.119. The third kappa shape index (κ3) is 5.15. The van der Waals surface area contributed by atoms with Gasteiger partial charge in [0.25, 0.3) is 15.9 Å². The predicted octanol–water partition coefficient (Wildman–Crippen LogP) is 4.80. The first kappa shape index (κ1) is 23.2. The third-order valence-electron chi connectivity index (χ3n) is 5.40. The largest absolute Gasteiger partial charge is 0.271 e. The molecule has 0 fully saturated rings. The van der Waals surface area contributed by atoms with Gasteiger partial charge < -0.3 is 0 Å². The Morgan fingerprint density at radius 2 is 1.59 bits per heavy atom. The number of rotatable bonds is 7. The number of nitrogens with zero attached hydrogens (tertiary/aromatic N) is 2. The van der Waals surface area contributed by atoms with Crippen molar-refractivity contribution < 1.29 is 13.2 Å². The van der Waals surface area contributed by atoms with Crippen molar-refractivity contribution in [1.82, 2.24) is 5.43 Å². The number of hydrazone groups is 1. The van der Waals surface area contributed by atoms with Gasteiger partial charge in [-0.2, -0.15) is 5.10 Å². The molecule has 0 unspecified atom stereocenters. The standard InChI is InChI=1S/C27H25N3O3S/c1-20-13-15-25(16-14-20)34(32,33)30(24-11-5-7-21(2)17-24)19-27(31)29-28-18-23-10-6-9-22-8-3-4-12-26(22)23/h3-18H,19H2,1-2H3,(H,29,31)/b28-18-. The van der Waals surface area contributed by atoms with Crippen LogP contribution in [0.5, 0.6) is 0 Å². The van der Waals surface area contributed by atoms with E-state index >= 15 is 0 Å². The molecule has 0 saturated heterocycles. The zero-order chi connectivity index (χ0) is 24.1. The summed E-state index contributed by atoms with van der Waals surface area (Å²) in [4.78, 5) is 12.9. The highest BCUT2D eigenvalue weighted by Gasteiger charge is 2.27. The Kier molecular flexibility index (Phi) is 6.75. The number of fused-ring (bicyclic) bond motifs is 1. The maximum absolute atomic E-state index is 13.4. The van der Waals surface area contributed by atoms with Crippen LogP contribution in [0.4, 0.5) is 5.69 Å². The predicted molar refractivity (Wildman–Crippen MR) is 137 cm³/mol. The third-order valence-corrected chi connectivity index (χ3v) is 7.19. The number of carbonyl (C=O) groups excluding carboxylic acids is 1. The molecule has 0 aromatic heterocycles. The minimum Gasteiger partial charge on any atom is -0.271 e. The lowest BCUT2D eigenvalue weighted by atomic mass is 10.1. The summed E-state index contributed by atoms with van der Waals surface area (Å²) in [7, 11) is -3.97. The van der Waals surface area contributed by atoms with Crippen molar-refractivity contribution in [3.63, 3.8) is 0 Å². The summed E-state index contributed by atoms with van der Waals surface area (Å²) in [5.41, 5.74) is 5.56. The molecule has 34 heavy (non-hydrogen) atoms. The van der Waals surface area contributed by atoms with Gasteiger partial charge >= 0.3 is 0 Å². The van der Waals surface area contributed by atoms with E-state index in [4.69, 9.17) is 0 Å². The minimum absolute atomic E-state index is 0.117. The van der Waals surface area contributed by atoms with Gasteiger partial charge in [0.2, 0.25) is 0 Å². The molecule has 7 heteroatoms. The molecule has 0 saturated carbocycles. The van der Waals surface area contributed by atoms with E-state index in [2.05, 4.69) is 10.5 Å². The van der Waals surface area contributed by atoms with E-state index in [-0.39, 0.29) is 4.90 Å². The number of aryl methyl sites for hydroxylation is 2. The van der Waals surface area contributed by atoms with E-state index in [0.717, 1.165) is 31.8 Å². The molecule has 0 atom stereocenters. The van der Waals surface area contributed by atoms with E-state index in [1.165, 1.54) is 0 Å². The summed E-state index contributed by atoms with van der Waals surface area (Å²) < 4.78 is 28.0. The first-order valence-corrected chi connectivity index (χ1v) is 12.2. The molecule has 6 nitrogen and oxygen atoms in total. The fraction of sp³-hybridized carbons (Fsp3) is 0.111. The van der Waals surface area contributed by atoms with Crippen LogP contribution in [0.1, 0.15) is 16.7 Å². The van der Waals surface area contributed by atoms with Crippen molar-refractivity contribution >= 4 is 38.6 Å². The van der Waals surface area contributed by atoms with Gasteiger partial charge in [0, 0.05) is 5.56 Å². The van der Waals surface area contributed by atoms with Crippen LogP contribution in [0.25, 0.3) is 10.8 Å². The number of amides is 1. The van der Waals surface area contributed by atoms with E-state index in [0.29, 0.717) is 5.69 Å². The fourth-order valence-electron chi connectivity index (χ4n) is 3.64. The van der Waals surface area contributed by atoms with E-state index in [1.54, 1.807) is 48.7 Å². The van der Waals surface area contributed by atoms with Gasteiger partial charge in [0.05, 0.1) is 16.8 Å². The number of hydrogen-bond acceptors (Lipinski definition) is 4. The van der Waals surface area contributed by atoms with E-state index < -0.39 is 22.5 Å². The van der Waals surface area contributed by atoms with E-state index in [9.17, 15) is 13.2 Å². The first-order chi connectivity index (χ1) is 16.3. The number of anilines is 1. The van der Waals surface area contributed by atoms with Crippen LogP contribution in [-0.4, -0.2) is 27.1 Å². The highest BCUT2D eigenvalue weighted by atomic mass is 32.2. The average Bonchev–Trinajstić information content (AvgIpc) is 2.83. The molecule has 4 aromatic carbocycles. The Morgan fingerprint density at radius 1 is 0.882 bits per heavy atom. The lowest BCUT2D eigenvalue weighted by Crippen LogP contribution is -2.39. The summed E-state index contributed by atoms with van der Waals surface area (Å²) in [5.74, 6) is -0.548. The number of benzene rings is 4. The molecular formula is C27H25N3O3S. The molecule has 0 radical (unpaired) electrons. The van der Waals surface area contributed by atoms with Crippen molar-refractivity contribution in [3.05, 3.63) is 108 Å². The normalized spacial score (nSPS) is 11.6. The summed E-state index contributed by atoms with van der Waals surface area (Å²) in [6.07, 6.45) is 1.56. The van der Waals surface area contributed by atoms with Crippen molar-refractivity contribution in [2.45, 2.75) is 18.7 Å². The van der Waals surface area contributed by atoms with Gasteiger partial charge in [-0.15, -0.1) is 0 Å². The molecule has 1 amide bonds. The second-order valence-electron chi connectivity index (χ2n) is 8.03. The van der Waals surface area contributed by atoms with Crippen molar-refractivity contribution in [2.75, 3.05) is 10.8 Å². The van der Waals surface area contributed by atoms with Crippen LogP contribution in [0.15, 0.2) is 101 Å². The molecule has 4 rings (SSSR count). The minimum atomic E-state index is -3.97. The molecule has 0 aliphatic rings. The monoisotopic (exact) mass is 471 g/mol. The summed E-state index contributed by atoms with van der Waals surface area (Å²) in [6.45, 7) is 3.34. The van der Waals surface area contributed by atoms with Gasteiger partial charge in [0.1, 0.15) is 6.54 Å². The van der Waals surface area contributed by atoms with Crippen LogP contribution in [0.3, 0.4) is 0 Å². The zero-order valence-electron chi connectivity index (χ0n) is 19.0. The van der Waals surface area contributed by atoms with E-state index in [1.807, 2.05) is 62.4 Å². The van der Waals surface area contributed by atoms with Crippen LogP contribution in [0, 0.1) is 13.8 Å². The van der Waals surface area contributed by atoms with Crippen molar-refractivity contribution in [1.29, 1.82) is 0 Å². The molecular weight excluding hydrogens is 446 g/mol. The molecule has 0 spiro atoms. The molecule has 0 heterocycles. The topological polar surface area (TPSA) is 78.8 Å². The number of nitrogens with one attached hydrogen (secondary N) is 1. The zero-order valence-corrected chi connectivity index (χ0v) is 19.8. The molecule has 1 N–H and O–H groups in total. The molecule has 0 aliphatic heterocycles. The summed E-state index contributed by atoms with van der Waals surface area (Å²) >= 11 is 0. The second kappa shape index (κ2) is 9.89. The van der Waals surface area contributed by atoms with Crippen LogP contribution in [-0.2, 0) is 14.8 Å². The highest BCUT2D eigenvalue weighted by molar-refractivity contribution is 7.92. The molecule has 0 aliphatic carbocycles. The van der Waals surface area contributed by atoms with Gasteiger partial charge in [-0.3, -0.25) is 9.10 Å². The second-order valence-corrected chi connectivity index (χ2v) is 9.89. The SMILES string of the molecule is Cc1ccc(S(=O)(=O)N(CC(=O)N/N=C\c2cccc3ccccc23)c2cccc(C)c2)cc1. The summed E-state index contributed by atoms with van der Waals surface area (Å²) in [5, 5.41) is 6.14. The van der Waals surface area contributed by atoms with Crippen LogP contribution < -0.4 is 9.73 Å². The quantitative estimate of drug-likeness (QED) is 0.311. The van der Waals surface area contributed by atoms with Gasteiger partial charge in [0.15, 0.2) is 0 Å². The number of carbonyl (C=O) groups is 1. The molecule has 172 valence electrons. The van der Waals surface area contributed by atoms with Crippen molar-refractivity contribution in [2.24, 2.45) is 5.10 Å². The Balaban J connectivity index is 1.58. The Hall–Kier alpha value is -3.97. The average molecular weight is 472 g/mol. The van der Waals surface area contributed by atoms with Crippen molar-refractivity contribution in [3.8, 4) is 0 Å². The maximum Gasteiger partial charge on any atom is 0.264 e. The van der Waals surface area contributed by atoms with Crippen LogP contribution >= 0.6 is 0 Å². The maximum atomic E-state index is 13.4. The first-order valence-electron chi connectivity index (χ1n) is 10.8. The molecule has 4 aromatic rings. The molecule has 0 bridgehead atoms.